The minimum Gasteiger partial charge on any atom is -0.406 e. The monoisotopic (exact) mass is 344 g/mol. The number of halogens is 4. The molecule has 0 radical (unpaired) electrons. The van der Waals surface area contributed by atoms with Gasteiger partial charge >= 0.3 is 6.36 Å². The van der Waals surface area contributed by atoms with Crippen LogP contribution in [-0.2, 0) is 0 Å². The van der Waals surface area contributed by atoms with Crippen LogP contribution < -0.4 is 4.74 Å². The Balaban J connectivity index is 2.29. The maximum absolute atomic E-state index is 12.2. The summed E-state index contributed by atoms with van der Waals surface area (Å²) in [6.07, 6.45) is -4.78. The number of ketones is 1. The van der Waals surface area contributed by atoms with E-state index >= 15 is 0 Å². The van der Waals surface area contributed by atoms with Gasteiger partial charge in [0.1, 0.15) is 5.75 Å². The van der Waals surface area contributed by atoms with Crippen molar-refractivity contribution in [1.82, 2.24) is 0 Å². The van der Waals surface area contributed by atoms with Crippen LogP contribution in [0.2, 0.25) is 0 Å². The lowest BCUT2D eigenvalue weighted by Crippen LogP contribution is -2.17. The molecule has 0 heterocycles. The maximum atomic E-state index is 12.2. The Labute approximate surface area is 121 Å². The van der Waals surface area contributed by atoms with Crippen molar-refractivity contribution >= 4 is 21.7 Å². The molecule has 2 aromatic rings. The topological polar surface area (TPSA) is 26.3 Å². The molecule has 0 spiro atoms. The fraction of sp³-hybridized carbons (Fsp3) is 0.0714. The van der Waals surface area contributed by atoms with Gasteiger partial charge in [0.25, 0.3) is 0 Å². The van der Waals surface area contributed by atoms with Crippen molar-refractivity contribution in [2.75, 3.05) is 0 Å². The van der Waals surface area contributed by atoms with Crippen LogP contribution in [0.15, 0.2) is 53.0 Å². The van der Waals surface area contributed by atoms with E-state index in [1.807, 2.05) is 0 Å². The molecule has 0 aliphatic heterocycles. The smallest absolute Gasteiger partial charge is 0.406 e. The second-order valence-corrected chi connectivity index (χ2v) is 4.83. The van der Waals surface area contributed by atoms with E-state index in [4.69, 9.17) is 0 Å². The standard InChI is InChI=1S/C14H8BrF3O2/c15-11-5-1-3-9(7-11)13(19)10-4-2-6-12(8-10)20-14(16,17)18/h1-8H. The van der Waals surface area contributed by atoms with E-state index in [1.165, 1.54) is 12.1 Å². The molecule has 0 unspecified atom stereocenters. The summed E-state index contributed by atoms with van der Waals surface area (Å²) in [6.45, 7) is 0. The summed E-state index contributed by atoms with van der Waals surface area (Å²) in [4.78, 5) is 12.2. The van der Waals surface area contributed by atoms with Crippen molar-refractivity contribution in [2.24, 2.45) is 0 Å². The Morgan fingerprint density at radius 1 is 1.00 bits per heavy atom. The molecule has 0 saturated heterocycles. The summed E-state index contributed by atoms with van der Waals surface area (Å²) in [7, 11) is 0. The van der Waals surface area contributed by atoms with Crippen molar-refractivity contribution in [2.45, 2.75) is 6.36 Å². The lowest BCUT2D eigenvalue weighted by Gasteiger charge is -2.09. The highest BCUT2D eigenvalue weighted by Crippen LogP contribution is 2.24. The molecule has 104 valence electrons. The Hall–Kier alpha value is -1.82. The number of rotatable bonds is 3. The minimum absolute atomic E-state index is 0.129. The van der Waals surface area contributed by atoms with E-state index in [0.717, 1.165) is 12.1 Å². The van der Waals surface area contributed by atoms with E-state index in [1.54, 1.807) is 24.3 Å². The van der Waals surface area contributed by atoms with Gasteiger partial charge in [0.05, 0.1) is 0 Å². The van der Waals surface area contributed by atoms with Gasteiger partial charge in [0.15, 0.2) is 5.78 Å². The highest BCUT2D eigenvalue weighted by molar-refractivity contribution is 9.10. The zero-order chi connectivity index (χ0) is 14.8. The van der Waals surface area contributed by atoms with Crippen molar-refractivity contribution in [3.63, 3.8) is 0 Å². The Bertz CT molecular complexity index is 638. The number of ether oxygens (including phenoxy) is 1. The van der Waals surface area contributed by atoms with Crippen LogP contribution >= 0.6 is 15.9 Å². The van der Waals surface area contributed by atoms with Crippen LogP contribution in [0.25, 0.3) is 0 Å². The van der Waals surface area contributed by atoms with E-state index in [0.29, 0.717) is 10.0 Å². The third-order valence-corrected chi connectivity index (χ3v) is 2.91. The van der Waals surface area contributed by atoms with Crippen LogP contribution in [0.5, 0.6) is 5.75 Å². The molecule has 0 bridgehead atoms. The maximum Gasteiger partial charge on any atom is 0.573 e. The van der Waals surface area contributed by atoms with Gasteiger partial charge in [0, 0.05) is 15.6 Å². The van der Waals surface area contributed by atoms with Gasteiger partial charge in [-0.1, -0.05) is 40.2 Å². The quantitative estimate of drug-likeness (QED) is 0.762. The fourth-order valence-electron chi connectivity index (χ4n) is 1.63. The molecular weight excluding hydrogens is 337 g/mol. The Morgan fingerprint density at radius 2 is 1.60 bits per heavy atom. The zero-order valence-electron chi connectivity index (χ0n) is 9.95. The summed E-state index contributed by atoms with van der Waals surface area (Å²) in [5.74, 6) is -0.794. The molecule has 0 aromatic heterocycles. The van der Waals surface area contributed by atoms with Gasteiger partial charge in [-0.3, -0.25) is 4.79 Å². The molecule has 2 nitrogen and oxygen atoms in total. The first-order chi connectivity index (χ1) is 9.35. The molecule has 0 N–H and O–H groups in total. The third-order valence-electron chi connectivity index (χ3n) is 2.42. The van der Waals surface area contributed by atoms with E-state index in [2.05, 4.69) is 20.7 Å². The van der Waals surface area contributed by atoms with Gasteiger partial charge in [-0.2, -0.15) is 0 Å². The summed E-state index contributed by atoms with van der Waals surface area (Å²) in [6, 6.07) is 11.6. The van der Waals surface area contributed by atoms with Crippen molar-refractivity contribution in [3.8, 4) is 5.75 Å². The molecule has 2 rings (SSSR count). The predicted octanol–water partition coefficient (Wildman–Crippen LogP) is 4.58. The SMILES string of the molecule is O=C(c1cccc(Br)c1)c1cccc(OC(F)(F)F)c1. The molecule has 0 amide bonds. The molecule has 0 aliphatic carbocycles. The minimum atomic E-state index is -4.78. The van der Waals surface area contributed by atoms with Crippen LogP contribution in [0, 0.1) is 0 Å². The van der Waals surface area contributed by atoms with Gasteiger partial charge in [-0.15, -0.1) is 13.2 Å². The van der Waals surface area contributed by atoms with Crippen molar-refractivity contribution in [3.05, 3.63) is 64.1 Å². The number of hydrogen-bond acceptors (Lipinski definition) is 2. The van der Waals surface area contributed by atoms with Gasteiger partial charge in [-0.25, -0.2) is 0 Å². The summed E-state index contributed by atoms with van der Waals surface area (Å²) in [5, 5.41) is 0. The molecule has 2 aromatic carbocycles. The molecule has 0 aliphatic rings. The summed E-state index contributed by atoms with van der Waals surface area (Å²) in [5.41, 5.74) is 0.508. The van der Waals surface area contributed by atoms with E-state index in [9.17, 15) is 18.0 Å². The molecule has 0 fully saturated rings. The second-order valence-electron chi connectivity index (χ2n) is 3.92. The normalized spacial score (nSPS) is 11.2. The van der Waals surface area contributed by atoms with Crippen LogP contribution in [0.4, 0.5) is 13.2 Å². The average molecular weight is 345 g/mol. The van der Waals surface area contributed by atoms with Crippen LogP contribution in [0.3, 0.4) is 0 Å². The van der Waals surface area contributed by atoms with Crippen molar-refractivity contribution < 1.29 is 22.7 Å². The lowest BCUT2D eigenvalue weighted by molar-refractivity contribution is -0.274. The average Bonchev–Trinajstić information content (AvgIpc) is 2.36. The molecule has 0 atom stereocenters. The van der Waals surface area contributed by atoms with Gasteiger partial charge in [-0.05, 0) is 24.3 Å². The third kappa shape index (κ3) is 3.84. The predicted molar refractivity (Wildman–Crippen MR) is 70.7 cm³/mol. The molecule has 6 heteroatoms. The first-order valence-corrected chi connectivity index (χ1v) is 6.30. The molecule has 20 heavy (non-hydrogen) atoms. The zero-order valence-corrected chi connectivity index (χ0v) is 11.5. The summed E-state index contributed by atoms with van der Waals surface area (Å²) >= 11 is 3.23. The number of carbonyl (C=O) groups excluding carboxylic acids is 1. The van der Waals surface area contributed by atoms with E-state index in [-0.39, 0.29) is 11.3 Å². The molecular formula is C14H8BrF3O2. The Morgan fingerprint density at radius 3 is 2.20 bits per heavy atom. The molecule has 0 saturated carbocycles. The summed E-state index contributed by atoms with van der Waals surface area (Å²) < 4.78 is 40.9. The number of benzene rings is 2. The van der Waals surface area contributed by atoms with Crippen LogP contribution in [0.1, 0.15) is 15.9 Å². The number of carbonyl (C=O) groups is 1. The lowest BCUT2D eigenvalue weighted by atomic mass is 10.0. The van der Waals surface area contributed by atoms with Crippen molar-refractivity contribution in [1.29, 1.82) is 0 Å². The highest BCUT2D eigenvalue weighted by atomic mass is 79.9. The Kier molecular flexibility index (Phi) is 4.13. The first-order valence-electron chi connectivity index (χ1n) is 5.51. The highest BCUT2D eigenvalue weighted by Gasteiger charge is 2.31. The number of hydrogen-bond donors (Lipinski definition) is 0. The van der Waals surface area contributed by atoms with Crippen LogP contribution in [-0.4, -0.2) is 12.1 Å². The second kappa shape index (κ2) is 5.66. The van der Waals surface area contributed by atoms with Gasteiger partial charge in [0.2, 0.25) is 0 Å². The fourth-order valence-corrected chi connectivity index (χ4v) is 2.03. The first kappa shape index (κ1) is 14.6. The number of alkyl halides is 3. The largest absolute Gasteiger partial charge is 0.573 e. The van der Waals surface area contributed by atoms with E-state index < -0.39 is 12.1 Å². The van der Waals surface area contributed by atoms with Gasteiger partial charge < -0.3 is 4.74 Å².